The van der Waals surface area contributed by atoms with Crippen molar-refractivity contribution in [2.75, 3.05) is 18.0 Å². The molecule has 1 N–H and O–H groups in total. The van der Waals surface area contributed by atoms with Gasteiger partial charge in [0.2, 0.25) is 5.88 Å². The Bertz CT molecular complexity index is 745. The van der Waals surface area contributed by atoms with Crippen LogP contribution in [0.25, 0.3) is 0 Å². The average molecular weight is 339 g/mol. The lowest BCUT2D eigenvalue weighted by atomic mass is 10.1. The third-order valence-corrected chi connectivity index (χ3v) is 4.35. The molecule has 1 aliphatic heterocycles. The molecule has 0 spiro atoms. The van der Waals surface area contributed by atoms with Gasteiger partial charge in [-0.2, -0.15) is 0 Å². The number of benzene rings is 1. The molecule has 1 amide bonds. The number of hydrogen-bond donors (Lipinski definition) is 1. The molecule has 25 heavy (non-hydrogen) atoms. The maximum absolute atomic E-state index is 12.5. The molecule has 0 aliphatic carbocycles. The quantitative estimate of drug-likeness (QED) is 0.879. The summed E-state index contributed by atoms with van der Waals surface area (Å²) in [6.07, 6.45) is 2.67. The standard InChI is InChI=1S/C20H25N3O2/c1-14(2)25-20-17(8-6-10-22-20)19(24)21-11-12-23-15(3)13-16-7-4-5-9-18(16)23/h4-10,14-15H,11-13H2,1-3H3,(H,21,24). The lowest BCUT2D eigenvalue weighted by Crippen LogP contribution is -2.38. The molecule has 2 aromatic rings. The molecule has 1 aliphatic rings. The number of para-hydroxylation sites is 1. The molecule has 2 heterocycles. The minimum Gasteiger partial charge on any atom is -0.474 e. The van der Waals surface area contributed by atoms with Gasteiger partial charge in [0, 0.05) is 31.0 Å². The van der Waals surface area contributed by atoms with E-state index in [1.165, 1.54) is 11.3 Å². The van der Waals surface area contributed by atoms with Crippen molar-refractivity contribution >= 4 is 11.6 Å². The first-order valence-electron chi connectivity index (χ1n) is 8.80. The molecule has 5 nitrogen and oxygen atoms in total. The minimum absolute atomic E-state index is 0.0246. The van der Waals surface area contributed by atoms with Crippen LogP contribution in [0.2, 0.25) is 0 Å². The van der Waals surface area contributed by atoms with E-state index in [0.29, 0.717) is 24.0 Å². The van der Waals surface area contributed by atoms with Crippen LogP contribution in [0.4, 0.5) is 5.69 Å². The van der Waals surface area contributed by atoms with E-state index in [4.69, 9.17) is 4.74 Å². The summed E-state index contributed by atoms with van der Waals surface area (Å²) in [6, 6.07) is 12.4. The Morgan fingerprint density at radius 3 is 2.92 bits per heavy atom. The van der Waals surface area contributed by atoms with E-state index in [1.54, 1.807) is 18.3 Å². The Hall–Kier alpha value is -2.56. The minimum atomic E-state index is -0.149. The maximum Gasteiger partial charge on any atom is 0.256 e. The zero-order valence-electron chi connectivity index (χ0n) is 15.0. The van der Waals surface area contributed by atoms with Crippen molar-refractivity contribution in [3.63, 3.8) is 0 Å². The molecule has 0 bridgehead atoms. The van der Waals surface area contributed by atoms with Crippen LogP contribution in [-0.2, 0) is 6.42 Å². The van der Waals surface area contributed by atoms with Gasteiger partial charge in [0.15, 0.2) is 0 Å². The van der Waals surface area contributed by atoms with Gasteiger partial charge in [0.05, 0.1) is 6.10 Å². The highest BCUT2D eigenvalue weighted by Gasteiger charge is 2.25. The number of nitrogens with zero attached hydrogens (tertiary/aromatic N) is 2. The third kappa shape index (κ3) is 3.92. The average Bonchev–Trinajstić information content (AvgIpc) is 2.90. The molecular weight excluding hydrogens is 314 g/mol. The summed E-state index contributed by atoms with van der Waals surface area (Å²) in [5.41, 5.74) is 3.13. The number of hydrogen-bond acceptors (Lipinski definition) is 4. The van der Waals surface area contributed by atoms with Crippen molar-refractivity contribution < 1.29 is 9.53 Å². The summed E-state index contributed by atoms with van der Waals surface area (Å²) in [5, 5.41) is 2.99. The van der Waals surface area contributed by atoms with Crippen LogP contribution in [0, 0.1) is 0 Å². The zero-order valence-corrected chi connectivity index (χ0v) is 15.0. The number of carbonyl (C=O) groups is 1. The number of anilines is 1. The second kappa shape index (κ2) is 7.55. The number of nitrogens with one attached hydrogen (secondary N) is 1. The summed E-state index contributed by atoms with van der Waals surface area (Å²) >= 11 is 0. The van der Waals surface area contributed by atoms with Gasteiger partial charge in [0.25, 0.3) is 5.91 Å². The highest BCUT2D eigenvalue weighted by molar-refractivity contribution is 5.96. The van der Waals surface area contributed by atoms with Crippen LogP contribution in [0.15, 0.2) is 42.6 Å². The van der Waals surface area contributed by atoms with Crippen molar-refractivity contribution in [3.05, 3.63) is 53.7 Å². The number of carbonyl (C=O) groups excluding carboxylic acids is 1. The largest absolute Gasteiger partial charge is 0.474 e. The predicted molar refractivity (Wildman–Crippen MR) is 99.3 cm³/mol. The van der Waals surface area contributed by atoms with E-state index in [2.05, 4.69) is 46.4 Å². The first-order chi connectivity index (χ1) is 12.1. The van der Waals surface area contributed by atoms with Gasteiger partial charge < -0.3 is 15.0 Å². The van der Waals surface area contributed by atoms with E-state index in [9.17, 15) is 4.79 Å². The van der Waals surface area contributed by atoms with Crippen LogP contribution in [-0.4, -0.2) is 36.1 Å². The number of rotatable bonds is 6. The molecule has 0 saturated heterocycles. The predicted octanol–water partition coefficient (Wildman–Crippen LogP) is 3.05. The fourth-order valence-corrected chi connectivity index (χ4v) is 3.24. The summed E-state index contributed by atoms with van der Waals surface area (Å²) < 4.78 is 5.63. The molecule has 0 radical (unpaired) electrons. The summed E-state index contributed by atoms with van der Waals surface area (Å²) in [5.74, 6) is 0.235. The van der Waals surface area contributed by atoms with Crippen molar-refractivity contribution in [3.8, 4) is 5.88 Å². The Kier molecular flexibility index (Phi) is 5.22. The number of ether oxygens (including phenoxy) is 1. The molecule has 0 fully saturated rings. The van der Waals surface area contributed by atoms with Gasteiger partial charge in [-0.25, -0.2) is 4.98 Å². The topological polar surface area (TPSA) is 54.5 Å². The second-order valence-electron chi connectivity index (χ2n) is 6.65. The SMILES string of the molecule is CC(C)Oc1ncccc1C(=O)NCCN1c2ccccc2CC1C. The molecule has 1 unspecified atom stereocenters. The monoisotopic (exact) mass is 339 g/mol. The zero-order chi connectivity index (χ0) is 17.8. The lowest BCUT2D eigenvalue weighted by molar-refractivity contribution is 0.0947. The Labute approximate surface area is 149 Å². The van der Waals surface area contributed by atoms with E-state index in [0.717, 1.165) is 13.0 Å². The van der Waals surface area contributed by atoms with Crippen LogP contribution in [0.3, 0.4) is 0 Å². The van der Waals surface area contributed by atoms with E-state index in [-0.39, 0.29) is 12.0 Å². The van der Waals surface area contributed by atoms with Gasteiger partial charge in [-0.05, 0) is 51.0 Å². The van der Waals surface area contributed by atoms with Crippen LogP contribution >= 0.6 is 0 Å². The van der Waals surface area contributed by atoms with Crippen molar-refractivity contribution in [2.24, 2.45) is 0 Å². The van der Waals surface area contributed by atoms with Crippen LogP contribution < -0.4 is 15.0 Å². The highest BCUT2D eigenvalue weighted by atomic mass is 16.5. The van der Waals surface area contributed by atoms with E-state index >= 15 is 0 Å². The number of pyridine rings is 1. The van der Waals surface area contributed by atoms with E-state index in [1.807, 2.05) is 13.8 Å². The van der Waals surface area contributed by atoms with Gasteiger partial charge >= 0.3 is 0 Å². The van der Waals surface area contributed by atoms with Crippen LogP contribution in [0.1, 0.15) is 36.7 Å². The normalized spacial score (nSPS) is 16.0. The van der Waals surface area contributed by atoms with E-state index < -0.39 is 0 Å². The Morgan fingerprint density at radius 2 is 2.12 bits per heavy atom. The molecule has 3 rings (SSSR count). The molecule has 1 aromatic heterocycles. The Balaban J connectivity index is 1.61. The first kappa shape index (κ1) is 17.3. The number of aromatic nitrogens is 1. The highest BCUT2D eigenvalue weighted by Crippen LogP contribution is 2.31. The van der Waals surface area contributed by atoms with Crippen molar-refractivity contribution in [1.29, 1.82) is 0 Å². The van der Waals surface area contributed by atoms with Gasteiger partial charge in [-0.15, -0.1) is 0 Å². The third-order valence-electron chi connectivity index (χ3n) is 4.35. The first-order valence-corrected chi connectivity index (χ1v) is 8.80. The van der Waals surface area contributed by atoms with Gasteiger partial charge in [-0.3, -0.25) is 4.79 Å². The Morgan fingerprint density at radius 1 is 1.32 bits per heavy atom. The molecule has 0 saturated carbocycles. The summed E-state index contributed by atoms with van der Waals surface area (Å²) in [4.78, 5) is 19.0. The second-order valence-corrected chi connectivity index (χ2v) is 6.65. The number of fused-ring (bicyclic) bond motifs is 1. The summed E-state index contributed by atoms with van der Waals surface area (Å²) in [6.45, 7) is 7.42. The van der Waals surface area contributed by atoms with Gasteiger partial charge in [0.1, 0.15) is 5.56 Å². The number of amides is 1. The lowest BCUT2D eigenvalue weighted by Gasteiger charge is -2.25. The molecule has 1 aromatic carbocycles. The molecule has 1 atom stereocenters. The van der Waals surface area contributed by atoms with Crippen LogP contribution in [0.5, 0.6) is 5.88 Å². The summed E-state index contributed by atoms with van der Waals surface area (Å²) in [7, 11) is 0. The maximum atomic E-state index is 12.5. The smallest absolute Gasteiger partial charge is 0.256 e. The molecule has 5 heteroatoms. The fraction of sp³-hybridized carbons (Fsp3) is 0.400. The fourth-order valence-electron chi connectivity index (χ4n) is 3.24. The molecular formula is C20H25N3O2. The van der Waals surface area contributed by atoms with Gasteiger partial charge in [-0.1, -0.05) is 18.2 Å². The van der Waals surface area contributed by atoms with Crippen molar-refractivity contribution in [2.45, 2.75) is 39.3 Å². The molecule has 132 valence electrons. The van der Waals surface area contributed by atoms with Crippen molar-refractivity contribution in [1.82, 2.24) is 10.3 Å².